The standard InChI is InChI=1S/C20H22ClN5O/c1-14-23-24-19-7-4-16(13-26(14)19)20(27)22-18-8-10-25(11-9-18)12-15-2-5-17(21)6-3-15/h2-7,13,18H,8-12H2,1H3,(H,22,27). The van der Waals surface area contributed by atoms with Gasteiger partial charge in [-0.05, 0) is 49.6 Å². The van der Waals surface area contributed by atoms with Gasteiger partial charge in [-0.3, -0.25) is 14.1 Å². The number of nitrogens with zero attached hydrogens (tertiary/aromatic N) is 4. The molecule has 0 atom stereocenters. The first kappa shape index (κ1) is 17.9. The van der Waals surface area contributed by atoms with Crippen LogP contribution in [0.5, 0.6) is 0 Å². The van der Waals surface area contributed by atoms with Crippen LogP contribution in [0, 0.1) is 6.92 Å². The van der Waals surface area contributed by atoms with Crippen molar-refractivity contribution >= 4 is 23.2 Å². The Kier molecular flexibility index (Phi) is 5.09. The first-order chi connectivity index (χ1) is 13.1. The molecular formula is C20H22ClN5O. The minimum Gasteiger partial charge on any atom is -0.349 e. The quantitative estimate of drug-likeness (QED) is 0.752. The molecule has 1 amide bonds. The lowest BCUT2D eigenvalue weighted by Gasteiger charge is -2.32. The van der Waals surface area contributed by atoms with E-state index in [2.05, 4.69) is 32.5 Å². The Morgan fingerprint density at radius 3 is 2.63 bits per heavy atom. The number of carbonyl (C=O) groups is 1. The van der Waals surface area contributed by atoms with Gasteiger partial charge < -0.3 is 5.32 Å². The zero-order valence-corrected chi connectivity index (χ0v) is 16.0. The van der Waals surface area contributed by atoms with Gasteiger partial charge in [0.1, 0.15) is 5.82 Å². The van der Waals surface area contributed by atoms with E-state index in [4.69, 9.17) is 11.6 Å². The number of carbonyl (C=O) groups excluding carboxylic acids is 1. The van der Waals surface area contributed by atoms with Crippen LogP contribution >= 0.6 is 11.6 Å². The predicted octanol–water partition coefficient (Wildman–Crippen LogP) is 3.09. The molecule has 0 saturated carbocycles. The molecule has 1 fully saturated rings. The van der Waals surface area contributed by atoms with Crippen LogP contribution < -0.4 is 5.32 Å². The number of pyridine rings is 1. The maximum atomic E-state index is 12.6. The fraction of sp³-hybridized carbons (Fsp3) is 0.350. The molecule has 1 saturated heterocycles. The highest BCUT2D eigenvalue weighted by Gasteiger charge is 2.21. The number of hydrogen-bond donors (Lipinski definition) is 1. The van der Waals surface area contributed by atoms with Crippen molar-refractivity contribution in [2.24, 2.45) is 0 Å². The molecular weight excluding hydrogens is 362 g/mol. The molecule has 27 heavy (non-hydrogen) atoms. The van der Waals surface area contributed by atoms with Crippen LogP contribution in [0.25, 0.3) is 5.65 Å². The van der Waals surface area contributed by atoms with E-state index in [1.165, 1.54) is 5.56 Å². The maximum absolute atomic E-state index is 12.6. The molecule has 7 heteroatoms. The Morgan fingerprint density at radius 2 is 1.89 bits per heavy atom. The van der Waals surface area contributed by atoms with Gasteiger partial charge in [0.15, 0.2) is 5.65 Å². The van der Waals surface area contributed by atoms with Crippen LogP contribution in [-0.2, 0) is 6.54 Å². The molecule has 1 aliphatic heterocycles. The summed E-state index contributed by atoms with van der Waals surface area (Å²) in [5.41, 5.74) is 2.65. The number of nitrogens with one attached hydrogen (secondary N) is 1. The van der Waals surface area contributed by atoms with Crippen molar-refractivity contribution in [2.75, 3.05) is 13.1 Å². The van der Waals surface area contributed by atoms with Gasteiger partial charge in [0.2, 0.25) is 0 Å². The summed E-state index contributed by atoms with van der Waals surface area (Å²) >= 11 is 5.94. The van der Waals surface area contributed by atoms with Crippen molar-refractivity contribution in [3.8, 4) is 0 Å². The zero-order valence-electron chi connectivity index (χ0n) is 15.2. The largest absolute Gasteiger partial charge is 0.349 e. The maximum Gasteiger partial charge on any atom is 0.252 e. The van der Waals surface area contributed by atoms with Gasteiger partial charge in [0.25, 0.3) is 5.91 Å². The number of amides is 1. The number of benzene rings is 1. The first-order valence-electron chi connectivity index (χ1n) is 9.17. The summed E-state index contributed by atoms with van der Waals surface area (Å²) in [6.45, 7) is 4.73. The zero-order chi connectivity index (χ0) is 18.8. The number of rotatable bonds is 4. The summed E-state index contributed by atoms with van der Waals surface area (Å²) in [4.78, 5) is 15.0. The molecule has 140 valence electrons. The highest BCUT2D eigenvalue weighted by Crippen LogP contribution is 2.16. The molecule has 0 unspecified atom stereocenters. The number of aryl methyl sites for hydroxylation is 1. The third-order valence-corrected chi connectivity index (χ3v) is 5.33. The van der Waals surface area contributed by atoms with E-state index >= 15 is 0 Å². The van der Waals surface area contributed by atoms with Crippen LogP contribution in [0.1, 0.15) is 34.6 Å². The van der Waals surface area contributed by atoms with Crippen molar-refractivity contribution in [3.05, 3.63) is 64.6 Å². The second kappa shape index (κ2) is 7.66. The highest BCUT2D eigenvalue weighted by molar-refractivity contribution is 6.30. The Balaban J connectivity index is 1.32. The van der Waals surface area contributed by atoms with Gasteiger partial charge in [-0.15, -0.1) is 10.2 Å². The van der Waals surface area contributed by atoms with Gasteiger partial charge in [-0.1, -0.05) is 23.7 Å². The minimum absolute atomic E-state index is 0.0406. The number of likely N-dealkylation sites (tertiary alicyclic amines) is 1. The summed E-state index contributed by atoms with van der Waals surface area (Å²) in [6, 6.07) is 11.8. The van der Waals surface area contributed by atoms with E-state index < -0.39 is 0 Å². The average molecular weight is 384 g/mol. The van der Waals surface area contributed by atoms with Crippen molar-refractivity contribution in [1.29, 1.82) is 0 Å². The lowest BCUT2D eigenvalue weighted by molar-refractivity contribution is 0.0908. The molecule has 1 aliphatic rings. The Labute approximate surface area is 163 Å². The summed E-state index contributed by atoms with van der Waals surface area (Å²) in [5.74, 6) is 0.733. The number of hydrogen-bond acceptors (Lipinski definition) is 4. The van der Waals surface area contributed by atoms with Gasteiger partial charge in [0.05, 0.1) is 5.56 Å². The second-order valence-electron chi connectivity index (χ2n) is 7.04. The topological polar surface area (TPSA) is 62.5 Å². The van der Waals surface area contributed by atoms with E-state index in [-0.39, 0.29) is 11.9 Å². The van der Waals surface area contributed by atoms with Gasteiger partial charge in [0, 0.05) is 36.9 Å². The van der Waals surface area contributed by atoms with Crippen LogP contribution in [0.15, 0.2) is 42.6 Å². The Morgan fingerprint density at radius 1 is 1.15 bits per heavy atom. The average Bonchev–Trinajstić information content (AvgIpc) is 3.05. The molecule has 2 aromatic heterocycles. The predicted molar refractivity (Wildman–Crippen MR) is 105 cm³/mol. The smallest absolute Gasteiger partial charge is 0.252 e. The molecule has 0 bridgehead atoms. The number of fused-ring (bicyclic) bond motifs is 1. The molecule has 3 aromatic rings. The summed E-state index contributed by atoms with van der Waals surface area (Å²) in [5, 5.41) is 12.0. The molecule has 3 heterocycles. The molecule has 0 radical (unpaired) electrons. The SMILES string of the molecule is Cc1nnc2ccc(C(=O)NC3CCN(Cc4ccc(Cl)cc4)CC3)cn12. The van der Waals surface area contributed by atoms with Crippen molar-refractivity contribution < 1.29 is 4.79 Å². The third-order valence-electron chi connectivity index (χ3n) is 5.08. The van der Waals surface area contributed by atoms with Crippen LogP contribution in [0.2, 0.25) is 5.02 Å². The lowest BCUT2D eigenvalue weighted by Crippen LogP contribution is -2.44. The fourth-order valence-corrected chi connectivity index (χ4v) is 3.62. The Hall–Kier alpha value is -2.44. The molecule has 0 spiro atoms. The number of piperidine rings is 1. The van der Waals surface area contributed by atoms with Crippen molar-refractivity contribution in [1.82, 2.24) is 24.8 Å². The number of halogens is 1. The van der Waals surface area contributed by atoms with E-state index in [1.54, 1.807) is 12.3 Å². The van der Waals surface area contributed by atoms with Crippen LogP contribution in [0.3, 0.4) is 0 Å². The molecule has 1 aromatic carbocycles. The molecule has 6 nitrogen and oxygen atoms in total. The molecule has 4 rings (SSSR count). The van der Waals surface area contributed by atoms with Crippen molar-refractivity contribution in [3.63, 3.8) is 0 Å². The van der Waals surface area contributed by atoms with E-state index in [1.807, 2.05) is 29.5 Å². The Bertz CT molecular complexity index is 945. The van der Waals surface area contributed by atoms with Gasteiger partial charge in [-0.2, -0.15) is 0 Å². The highest BCUT2D eigenvalue weighted by atomic mass is 35.5. The van der Waals surface area contributed by atoms with E-state index in [0.29, 0.717) is 5.56 Å². The van der Waals surface area contributed by atoms with Crippen molar-refractivity contribution in [2.45, 2.75) is 32.4 Å². The molecule has 1 N–H and O–H groups in total. The molecule has 0 aliphatic carbocycles. The lowest BCUT2D eigenvalue weighted by atomic mass is 10.0. The third kappa shape index (κ3) is 4.12. The summed E-state index contributed by atoms with van der Waals surface area (Å²) < 4.78 is 1.84. The normalized spacial score (nSPS) is 15.9. The van der Waals surface area contributed by atoms with Gasteiger partial charge in [-0.25, -0.2) is 0 Å². The fourth-order valence-electron chi connectivity index (χ4n) is 3.49. The number of aromatic nitrogens is 3. The second-order valence-corrected chi connectivity index (χ2v) is 7.48. The first-order valence-corrected chi connectivity index (χ1v) is 9.55. The monoisotopic (exact) mass is 383 g/mol. The summed E-state index contributed by atoms with van der Waals surface area (Å²) in [7, 11) is 0. The van der Waals surface area contributed by atoms with E-state index in [9.17, 15) is 4.79 Å². The van der Waals surface area contributed by atoms with Crippen LogP contribution in [0.4, 0.5) is 0 Å². The van der Waals surface area contributed by atoms with Crippen LogP contribution in [-0.4, -0.2) is 44.5 Å². The minimum atomic E-state index is -0.0406. The summed E-state index contributed by atoms with van der Waals surface area (Å²) in [6.07, 6.45) is 3.70. The van der Waals surface area contributed by atoms with E-state index in [0.717, 1.165) is 49.0 Å². The van der Waals surface area contributed by atoms with Gasteiger partial charge >= 0.3 is 0 Å².